The smallest absolute Gasteiger partial charge is 0.0560 e. The van der Waals surface area contributed by atoms with Crippen LogP contribution in [0.1, 0.15) is 22.7 Å². The van der Waals surface area contributed by atoms with Crippen molar-refractivity contribution in [2.24, 2.45) is 5.73 Å². The summed E-state index contributed by atoms with van der Waals surface area (Å²) < 4.78 is 0. The van der Waals surface area contributed by atoms with Gasteiger partial charge in [0.15, 0.2) is 0 Å². The van der Waals surface area contributed by atoms with E-state index < -0.39 is 0 Å². The van der Waals surface area contributed by atoms with Gasteiger partial charge in [-0.1, -0.05) is 23.7 Å². The van der Waals surface area contributed by atoms with E-state index in [2.05, 4.69) is 5.38 Å². The molecule has 0 saturated carbocycles. The minimum Gasteiger partial charge on any atom is -0.320 e. The van der Waals surface area contributed by atoms with Crippen LogP contribution in [0.2, 0.25) is 5.02 Å². The molecule has 86 valence electrons. The van der Waals surface area contributed by atoms with E-state index in [-0.39, 0.29) is 18.4 Å². The van der Waals surface area contributed by atoms with Crippen LogP contribution in [0.5, 0.6) is 0 Å². The van der Waals surface area contributed by atoms with Crippen LogP contribution in [0, 0.1) is 6.92 Å². The molecule has 0 aliphatic rings. The molecule has 16 heavy (non-hydrogen) atoms. The van der Waals surface area contributed by atoms with Crippen molar-refractivity contribution in [1.29, 1.82) is 0 Å². The zero-order valence-electron chi connectivity index (χ0n) is 8.81. The number of aryl methyl sites for hydroxylation is 1. The Balaban J connectivity index is 0.00000128. The zero-order valence-corrected chi connectivity index (χ0v) is 11.2. The summed E-state index contributed by atoms with van der Waals surface area (Å²) in [5.41, 5.74) is 9.41. The molecule has 0 radical (unpaired) electrons. The van der Waals surface area contributed by atoms with Crippen LogP contribution in [0.3, 0.4) is 0 Å². The second-order valence-electron chi connectivity index (χ2n) is 3.54. The molecule has 0 amide bonds. The first kappa shape index (κ1) is 13.5. The van der Waals surface area contributed by atoms with Gasteiger partial charge in [0.1, 0.15) is 0 Å². The van der Waals surface area contributed by atoms with Gasteiger partial charge in [-0.25, -0.2) is 0 Å². The number of rotatable bonds is 2. The highest BCUT2D eigenvalue weighted by atomic mass is 35.5. The first-order valence-corrected chi connectivity index (χ1v) is 6.04. The monoisotopic (exact) mass is 273 g/mol. The molecular formula is C12H13Cl2NS. The number of benzene rings is 1. The largest absolute Gasteiger partial charge is 0.320 e. The van der Waals surface area contributed by atoms with Gasteiger partial charge < -0.3 is 5.73 Å². The topological polar surface area (TPSA) is 26.0 Å². The molecule has 0 aliphatic heterocycles. The zero-order chi connectivity index (χ0) is 10.8. The summed E-state index contributed by atoms with van der Waals surface area (Å²) in [7, 11) is 0. The Labute approximate surface area is 111 Å². The highest BCUT2D eigenvalue weighted by Crippen LogP contribution is 2.25. The van der Waals surface area contributed by atoms with Gasteiger partial charge in [-0.05, 0) is 46.5 Å². The van der Waals surface area contributed by atoms with Crippen LogP contribution >= 0.6 is 35.3 Å². The SMILES string of the molecule is Cc1ccc([C@@H](N)c2ccsc2)cc1Cl.Cl. The van der Waals surface area contributed by atoms with Crippen molar-refractivity contribution in [2.75, 3.05) is 0 Å². The molecule has 0 bridgehead atoms. The Hall–Kier alpha value is -0.540. The highest BCUT2D eigenvalue weighted by molar-refractivity contribution is 7.08. The van der Waals surface area contributed by atoms with Crippen molar-refractivity contribution >= 4 is 35.3 Å². The Kier molecular flexibility index (Phi) is 4.81. The van der Waals surface area contributed by atoms with Gasteiger partial charge in [-0.3, -0.25) is 0 Å². The number of halogens is 2. The maximum absolute atomic E-state index is 6.13. The third kappa shape index (κ3) is 2.77. The fourth-order valence-corrected chi connectivity index (χ4v) is 2.33. The van der Waals surface area contributed by atoms with E-state index in [4.69, 9.17) is 17.3 Å². The summed E-state index contributed by atoms with van der Waals surface area (Å²) in [4.78, 5) is 0. The molecule has 1 aromatic carbocycles. The molecular weight excluding hydrogens is 261 g/mol. The quantitative estimate of drug-likeness (QED) is 0.873. The van der Waals surface area contributed by atoms with E-state index in [0.717, 1.165) is 21.7 Å². The van der Waals surface area contributed by atoms with Gasteiger partial charge in [0.25, 0.3) is 0 Å². The van der Waals surface area contributed by atoms with Crippen molar-refractivity contribution in [3.05, 3.63) is 56.7 Å². The Morgan fingerprint density at radius 2 is 2.00 bits per heavy atom. The molecule has 0 aliphatic carbocycles. The second kappa shape index (κ2) is 5.69. The van der Waals surface area contributed by atoms with Crippen molar-refractivity contribution in [3.8, 4) is 0 Å². The Morgan fingerprint density at radius 1 is 1.25 bits per heavy atom. The Bertz CT molecular complexity index is 454. The van der Waals surface area contributed by atoms with Crippen LogP contribution in [0.4, 0.5) is 0 Å². The molecule has 0 fully saturated rings. The molecule has 0 unspecified atom stereocenters. The second-order valence-corrected chi connectivity index (χ2v) is 4.73. The van der Waals surface area contributed by atoms with Crippen LogP contribution < -0.4 is 5.73 Å². The van der Waals surface area contributed by atoms with Gasteiger partial charge >= 0.3 is 0 Å². The Morgan fingerprint density at radius 3 is 2.56 bits per heavy atom. The maximum atomic E-state index is 6.13. The molecule has 1 aromatic heterocycles. The molecule has 0 saturated heterocycles. The normalized spacial score (nSPS) is 11.9. The number of thiophene rings is 1. The van der Waals surface area contributed by atoms with E-state index in [0.29, 0.717) is 0 Å². The third-order valence-electron chi connectivity index (χ3n) is 2.46. The van der Waals surface area contributed by atoms with Crippen molar-refractivity contribution < 1.29 is 0 Å². The van der Waals surface area contributed by atoms with E-state index in [1.54, 1.807) is 11.3 Å². The van der Waals surface area contributed by atoms with Crippen LogP contribution in [0.15, 0.2) is 35.0 Å². The molecule has 2 N–H and O–H groups in total. The average molecular weight is 274 g/mol. The van der Waals surface area contributed by atoms with Crippen LogP contribution in [0.25, 0.3) is 0 Å². The first-order chi connectivity index (χ1) is 7.18. The lowest BCUT2D eigenvalue weighted by atomic mass is 10.0. The lowest BCUT2D eigenvalue weighted by Gasteiger charge is -2.11. The number of nitrogens with two attached hydrogens (primary N) is 1. The number of hydrogen-bond acceptors (Lipinski definition) is 2. The van der Waals surface area contributed by atoms with Crippen LogP contribution in [-0.2, 0) is 0 Å². The number of hydrogen-bond donors (Lipinski definition) is 1. The summed E-state index contributed by atoms with van der Waals surface area (Å²) in [6.45, 7) is 1.99. The molecule has 0 spiro atoms. The van der Waals surface area contributed by atoms with Crippen molar-refractivity contribution in [1.82, 2.24) is 0 Å². The molecule has 4 heteroatoms. The highest BCUT2D eigenvalue weighted by Gasteiger charge is 2.09. The lowest BCUT2D eigenvalue weighted by molar-refractivity contribution is 0.876. The summed E-state index contributed by atoms with van der Waals surface area (Å²) in [6, 6.07) is 7.95. The standard InChI is InChI=1S/C12H12ClNS.ClH/c1-8-2-3-9(6-11(8)13)12(14)10-4-5-15-7-10;/h2-7,12H,14H2,1H3;1H/t12-;/m1./s1. The maximum Gasteiger partial charge on any atom is 0.0560 e. The van der Waals surface area contributed by atoms with Gasteiger partial charge in [0, 0.05) is 5.02 Å². The fraction of sp³-hybridized carbons (Fsp3) is 0.167. The van der Waals surface area contributed by atoms with E-state index in [9.17, 15) is 0 Å². The molecule has 1 heterocycles. The first-order valence-electron chi connectivity index (χ1n) is 4.72. The summed E-state index contributed by atoms with van der Waals surface area (Å²) >= 11 is 7.72. The van der Waals surface area contributed by atoms with Gasteiger partial charge in [0.2, 0.25) is 0 Å². The predicted octanol–water partition coefficient (Wildman–Crippen LogP) is 4.18. The van der Waals surface area contributed by atoms with E-state index in [1.165, 1.54) is 0 Å². The molecule has 1 atom stereocenters. The van der Waals surface area contributed by atoms with Gasteiger partial charge in [-0.15, -0.1) is 12.4 Å². The predicted molar refractivity (Wildman–Crippen MR) is 73.8 cm³/mol. The van der Waals surface area contributed by atoms with E-state index >= 15 is 0 Å². The van der Waals surface area contributed by atoms with Gasteiger partial charge in [-0.2, -0.15) is 11.3 Å². The summed E-state index contributed by atoms with van der Waals surface area (Å²) in [6.07, 6.45) is 0. The van der Waals surface area contributed by atoms with Crippen molar-refractivity contribution in [3.63, 3.8) is 0 Å². The average Bonchev–Trinajstić information content (AvgIpc) is 2.74. The van der Waals surface area contributed by atoms with E-state index in [1.807, 2.05) is 36.6 Å². The van der Waals surface area contributed by atoms with Crippen molar-refractivity contribution in [2.45, 2.75) is 13.0 Å². The molecule has 1 nitrogen and oxygen atoms in total. The molecule has 2 aromatic rings. The van der Waals surface area contributed by atoms with Crippen LogP contribution in [-0.4, -0.2) is 0 Å². The fourth-order valence-electron chi connectivity index (χ4n) is 1.45. The summed E-state index contributed by atoms with van der Waals surface area (Å²) in [5.74, 6) is 0. The minimum absolute atomic E-state index is 0. The summed E-state index contributed by atoms with van der Waals surface area (Å²) in [5, 5.41) is 4.88. The lowest BCUT2D eigenvalue weighted by Crippen LogP contribution is -2.10. The third-order valence-corrected chi connectivity index (χ3v) is 3.57. The molecule has 2 rings (SSSR count). The minimum atomic E-state index is -0.0747. The van der Waals surface area contributed by atoms with Gasteiger partial charge in [0.05, 0.1) is 6.04 Å².